The molecule has 2 aromatic heterocycles. The van der Waals surface area contributed by atoms with Crippen LogP contribution in [-0.2, 0) is 6.42 Å². The molecule has 0 bridgehead atoms. The maximum absolute atomic E-state index is 5.85. The fourth-order valence-corrected chi connectivity index (χ4v) is 4.95. The maximum atomic E-state index is 5.85. The minimum absolute atomic E-state index is 0.144. The Bertz CT molecular complexity index is 1110. The van der Waals surface area contributed by atoms with Crippen molar-refractivity contribution in [2.75, 3.05) is 30.9 Å². The molecule has 2 aliphatic rings. The van der Waals surface area contributed by atoms with Crippen molar-refractivity contribution < 1.29 is 0 Å². The minimum atomic E-state index is -0.187. The summed E-state index contributed by atoms with van der Waals surface area (Å²) in [6.45, 7) is 6.81. The van der Waals surface area contributed by atoms with E-state index < -0.39 is 0 Å². The minimum Gasteiger partial charge on any atom is -0.370 e. The number of anilines is 2. The van der Waals surface area contributed by atoms with Gasteiger partial charge in [0.25, 0.3) is 0 Å². The highest BCUT2D eigenvalue weighted by Crippen LogP contribution is 2.24. The van der Waals surface area contributed by atoms with E-state index in [0.29, 0.717) is 11.9 Å². The van der Waals surface area contributed by atoms with E-state index in [1.165, 1.54) is 9.75 Å². The van der Waals surface area contributed by atoms with Gasteiger partial charge in [0.15, 0.2) is 5.96 Å². The number of rotatable bonds is 5. The van der Waals surface area contributed by atoms with Crippen LogP contribution in [0.3, 0.4) is 0 Å². The topological polar surface area (TPSA) is 118 Å². The number of nitrogens with one attached hydrogen (secondary N) is 3. The Morgan fingerprint density at radius 1 is 1.06 bits per heavy atom. The van der Waals surface area contributed by atoms with Crippen LogP contribution in [0.25, 0.3) is 0 Å². The molecule has 0 aliphatic carbocycles. The molecule has 4 heterocycles. The third-order valence-electron chi connectivity index (χ3n) is 5.24. The van der Waals surface area contributed by atoms with Crippen LogP contribution in [0.4, 0.5) is 11.4 Å². The number of aliphatic imine (C=N–C) groups is 4. The molecule has 2 aliphatic heterocycles. The molecule has 5 N–H and O–H groups in total. The third kappa shape index (κ3) is 5.63. The highest BCUT2D eigenvalue weighted by Gasteiger charge is 2.19. The summed E-state index contributed by atoms with van der Waals surface area (Å²) < 4.78 is 0. The van der Waals surface area contributed by atoms with Gasteiger partial charge in [-0.3, -0.25) is 10.6 Å². The van der Waals surface area contributed by atoms with Crippen LogP contribution in [0.2, 0.25) is 0 Å². The van der Waals surface area contributed by atoms with Gasteiger partial charge < -0.3 is 20.9 Å². The van der Waals surface area contributed by atoms with E-state index >= 15 is 0 Å². The number of thiophene rings is 2. The van der Waals surface area contributed by atoms with Crippen molar-refractivity contribution in [3.8, 4) is 0 Å². The van der Waals surface area contributed by atoms with Gasteiger partial charge in [-0.1, -0.05) is 0 Å². The van der Waals surface area contributed by atoms with E-state index in [1.54, 1.807) is 22.7 Å². The predicted octanol–water partition coefficient (Wildman–Crippen LogP) is 2.42. The summed E-state index contributed by atoms with van der Waals surface area (Å²) in [5, 5.41) is 13.9. The Kier molecular flexibility index (Phi) is 6.84. The first-order valence-electron chi connectivity index (χ1n) is 10.7. The van der Waals surface area contributed by atoms with Gasteiger partial charge in [-0.15, -0.1) is 22.7 Å². The molecule has 0 amide bonds. The molecule has 176 valence electrons. The van der Waals surface area contributed by atoms with E-state index in [-0.39, 0.29) is 12.3 Å². The van der Waals surface area contributed by atoms with Crippen LogP contribution >= 0.6 is 22.7 Å². The average molecular weight is 487 g/mol. The Morgan fingerprint density at radius 2 is 1.82 bits per heavy atom. The van der Waals surface area contributed by atoms with Crippen LogP contribution in [0.5, 0.6) is 0 Å². The van der Waals surface area contributed by atoms with Crippen molar-refractivity contribution in [3.05, 3.63) is 32.6 Å². The number of aryl methyl sites for hydroxylation is 1. The SMILES string of the molecule is Cc1sccc1NC1=NC(C)N=C(N(C)CCc2cc(N(C)C3=NC(C)N=C(N)N3)cs2)N1. The molecule has 33 heavy (non-hydrogen) atoms. The van der Waals surface area contributed by atoms with Gasteiger partial charge in [0, 0.05) is 35.8 Å². The molecule has 2 aromatic rings. The number of hydrogen-bond donors (Lipinski definition) is 4. The fraction of sp³-hybridized carbons (Fsp3) is 0.429. The summed E-state index contributed by atoms with van der Waals surface area (Å²) in [4.78, 5) is 24.6. The normalized spacial score (nSPS) is 20.0. The van der Waals surface area contributed by atoms with Gasteiger partial charge in [-0.05, 0) is 44.7 Å². The zero-order valence-electron chi connectivity index (χ0n) is 19.5. The van der Waals surface area contributed by atoms with Crippen LogP contribution in [-0.4, -0.2) is 61.7 Å². The molecule has 0 saturated carbocycles. The molecule has 0 fully saturated rings. The second-order valence-corrected chi connectivity index (χ2v) is 10.0. The predicted molar refractivity (Wildman–Crippen MR) is 141 cm³/mol. The van der Waals surface area contributed by atoms with E-state index in [9.17, 15) is 0 Å². The molecular weight excluding hydrogens is 456 g/mol. The Hall–Kier alpha value is -3.12. The molecule has 0 spiro atoms. The maximum Gasteiger partial charge on any atom is 0.207 e. The van der Waals surface area contributed by atoms with Crippen molar-refractivity contribution in [2.24, 2.45) is 25.7 Å². The van der Waals surface area contributed by atoms with Gasteiger partial charge in [0.05, 0.1) is 11.4 Å². The van der Waals surface area contributed by atoms with Gasteiger partial charge in [-0.25, -0.2) is 20.0 Å². The number of hydrogen-bond acceptors (Lipinski definition) is 12. The smallest absolute Gasteiger partial charge is 0.207 e. The van der Waals surface area contributed by atoms with E-state index in [2.05, 4.69) is 70.6 Å². The Labute approximate surface area is 202 Å². The average Bonchev–Trinajstić information content (AvgIpc) is 3.39. The summed E-state index contributed by atoms with van der Waals surface area (Å²) in [7, 11) is 4.02. The van der Waals surface area contributed by atoms with E-state index in [0.717, 1.165) is 36.3 Å². The molecular formula is C21H30N10S2. The molecule has 0 saturated heterocycles. The molecule has 2 unspecified atom stereocenters. The lowest BCUT2D eigenvalue weighted by molar-refractivity contribution is 0.488. The first kappa shape index (κ1) is 23.1. The van der Waals surface area contributed by atoms with Crippen molar-refractivity contribution in [2.45, 2.75) is 39.5 Å². The molecule has 2 atom stereocenters. The molecule has 0 aromatic carbocycles. The van der Waals surface area contributed by atoms with E-state index in [1.807, 2.05) is 32.8 Å². The van der Waals surface area contributed by atoms with E-state index in [4.69, 9.17) is 5.73 Å². The first-order valence-corrected chi connectivity index (χ1v) is 12.5. The van der Waals surface area contributed by atoms with Crippen LogP contribution in [0, 0.1) is 6.92 Å². The van der Waals surface area contributed by atoms with Crippen LogP contribution in [0.1, 0.15) is 23.6 Å². The largest absolute Gasteiger partial charge is 0.370 e. The molecule has 4 rings (SSSR count). The van der Waals surface area contributed by atoms with Crippen molar-refractivity contribution in [3.63, 3.8) is 0 Å². The fourth-order valence-electron chi connectivity index (χ4n) is 3.40. The molecule has 0 radical (unpaired) electrons. The monoisotopic (exact) mass is 486 g/mol. The molecule has 10 nitrogen and oxygen atoms in total. The van der Waals surface area contributed by atoms with Gasteiger partial charge >= 0.3 is 0 Å². The number of guanidine groups is 4. The zero-order chi connectivity index (χ0) is 23.5. The number of nitrogens with two attached hydrogens (primary N) is 1. The second kappa shape index (κ2) is 9.79. The van der Waals surface area contributed by atoms with Crippen molar-refractivity contribution in [1.82, 2.24) is 15.5 Å². The third-order valence-corrected chi connectivity index (χ3v) is 7.07. The highest BCUT2D eigenvalue weighted by atomic mass is 32.1. The lowest BCUT2D eigenvalue weighted by atomic mass is 10.3. The van der Waals surface area contributed by atoms with Gasteiger partial charge in [0.1, 0.15) is 12.3 Å². The highest BCUT2D eigenvalue weighted by molar-refractivity contribution is 7.10. The van der Waals surface area contributed by atoms with Gasteiger partial charge in [-0.2, -0.15) is 0 Å². The summed E-state index contributed by atoms with van der Waals surface area (Å²) >= 11 is 3.44. The second-order valence-electron chi connectivity index (χ2n) is 7.93. The van der Waals surface area contributed by atoms with Crippen LogP contribution in [0.15, 0.2) is 42.9 Å². The number of likely N-dealkylation sites (N-methyl/N-ethyl adjacent to an activating group) is 1. The quantitative estimate of drug-likeness (QED) is 0.516. The Morgan fingerprint density at radius 3 is 2.55 bits per heavy atom. The molecule has 12 heteroatoms. The number of nitrogens with zero attached hydrogens (tertiary/aromatic N) is 6. The summed E-state index contributed by atoms with van der Waals surface area (Å²) in [5.74, 6) is 2.62. The van der Waals surface area contributed by atoms with Crippen molar-refractivity contribution in [1.29, 1.82) is 0 Å². The zero-order valence-corrected chi connectivity index (χ0v) is 21.1. The summed E-state index contributed by atoms with van der Waals surface area (Å²) in [6, 6.07) is 4.24. The standard InChI is InChI=1S/C21H30N10S2/c1-12-17(7-9-32-12)27-19-24-14(3)25-20(29-19)30(4)8-6-16-10-15(11-33-16)31(5)21-26-13(2)23-18(22)28-21/h7,9-11,13-14H,6,8H2,1-5H3,(H3,22,23,26,28)(H2,24,25,27,29). The summed E-state index contributed by atoms with van der Waals surface area (Å²) in [5.41, 5.74) is 7.99. The summed E-state index contributed by atoms with van der Waals surface area (Å²) in [6.07, 6.45) is 0.565. The first-order chi connectivity index (χ1) is 15.8. The van der Waals surface area contributed by atoms with Gasteiger partial charge in [0.2, 0.25) is 17.9 Å². The van der Waals surface area contributed by atoms with Crippen LogP contribution < -0.4 is 26.6 Å². The lowest BCUT2D eigenvalue weighted by Crippen LogP contribution is -2.48. The Balaban J connectivity index is 1.33. The van der Waals surface area contributed by atoms with Crippen molar-refractivity contribution >= 4 is 57.9 Å². The lowest BCUT2D eigenvalue weighted by Gasteiger charge is -2.27.